The molecule has 3 aromatic rings. The van der Waals surface area contributed by atoms with E-state index in [-0.39, 0.29) is 10.8 Å². The molecule has 0 bridgehead atoms. The van der Waals surface area contributed by atoms with E-state index in [9.17, 15) is 8.42 Å². The lowest BCUT2D eigenvalue weighted by Crippen LogP contribution is -2.22. The maximum Gasteiger partial charge on any atom is 0.250 e. The monoisotopic (exact) mass is 341 g/mol. The quantitative estimate of drug-likeness (QED) is 0.771. The lowest BCUT2D eigenvalue weighted by atomic mass is 10.3. The minimum absolute atomic E-state index is 0.184. The van der Waals surface area contributed by atoms with Crippen LogP contribution in [0.1, 0.15) is 10.7 Å². The van der Waals surface area contributed by atoms with Gasteiger partial charge in [-0.1, -0.05) is 5.16 Å². The van der Waals surface area contributed by atoms with E-state index in [2.05, 4.69) is 14.9 Å². The number of sulfonamides is 1. The summed E-state index contributed by atoms with van der Waals surface area (Å²) < 4.78 is 32.0. The number of hydrogen-bond donors (Lipinski definition) is 1. The molecule has 110 valence electrons. The molecule has 0 aliphatic carbocycles. The van der Waals surface area contributed by atoms with Gasteiger partial charge < -0.3 is 4.52 Å². The van der Waals surface area contributed by atoms with Gasteiger partial charge in [-0.2, -0.15) is 0 Å². The van der Waals surface area contributed by atoms with E-state index in [1.807, 2.05) is 12.3 Å². The van der Waals surface area contributed by atoms with E-state index >= 15 is 0 Å². The summed E-state index contributed by atoms with van der Waals surface area (Å²) in [5.74, 6) is 0. The van der Waals surface area contributed by atoms with E-state index in [0.29, 0.717) is 11.4 Å². The van der Waals surface area contributed by atoms with Crippen molar-refractivity contribution in [3.05, 3.63) is 40.5 Å². The van der Waals surface area contributed by atoms with Crippen molar-refractivity contribution in [1.82, 2.24) is 14.9 Å². The van der Waals surface area contributed by atoms with Crippen LogP contribution in [-0.2, 0) is 16.6 Å². The number of aromatic nitrogens is 2. The highest BCUT2D eigenvalue weighted by Crippen LogP contribution is 2.29. The summed E-state index contributed by atoms with van der Waals surface area (Å²) in [6, 6.07) is 4.96. The molecule has 21 heavy (non-hydrogen) atoms. The Kier molecular flexibility index (Phi) is 3.89. The van der Waals surface area contributed by atoms with Crippen LogP contribution < -0.4 is 4.72 Å². The maximum absolute atomic E-state index is 12.2. The normalized spacial score (nSPS) is 11.9. The molecule has 0 fully saturated rings. The highest BCUT2D eigenvalue weighted by Gasteiger charge is 2.18. The number of thiophene rings is 1. The third-order valence-electron chi connectivity index (χ3n) is 2.65. The molecule has 9 heteroatoms. The summed E-state index contributed by atoms with van der Waals surface area (Å²) in [6.45, 7) is 2.07. The lowest BCUT2D eigenvalue weighted by Gasteiger charge is -2.02. The fraction of sp³-hybridized carbons (Fsp3) is 0.167. The third kappa shape index (κ3) is 3.21. The van der Waals surface area contributed by atoms with E-state index in [0.717, 1.165) is 21.2 Å². The Balaban J connectivity index is 1.76. The molecule has 0 aliphatic rings. The molecule has 0 spiro atoms. The van der Waals surface area contributed by atoms with Crippen LogP contribution in [0.25, 0.3) is 10.6 Å². The lowest BCUT2D eigenvalue weighted by molar-refractivity contribution is 0.422. The summed E-state index contributed by atoms with van der Waals surface area (Å²) in [6.07, 6.45) is 1.45. The smallest absolute Gasteiger partial charge is 0.250 e. The van der Waals surface area contributed by atoms with Crippen molar-refractivity contribution in [2.45, 2.75) is 17.7 Å². The van der Waals surface area contributed by atoms with Gasteiger partial charge in [0.25, 0.3) is 0 Å². The van der Waals surface area contributed by atoms with Gasteiger partial charge in [-0.15, -0.1) is 22.7 Å². The van der Waals surface area contributed by atoms with Gasteiger partial charge in [-0.05, 0) is 19.1 Å². The van der Waals surface area contributed by atoms with Crippen LogP contribution in [0.2, 0.25) is 0 Å². The molecule has 0 radical (unpaired) electrons. The molecule has 0 amide bonds. The Morgan fingerprint density at radius 1 is 1.33 bits per heavy atom. The first-order valence-electron chi connectivity index (χ1n) is 5.96. The first-order valence-corrected chi connectivity index (χ1v) is 9.14. The van der Waals surface area contributed by atoms with Gasteiger partial charge in [0.1, 0.15) is 16.2 Å². The van der Waals surface area contributed by atoms with Crippen LogP contribution in [0.5, 0.6) is 0 Å². The molecule has 3 heterocycles. The van der Waals surface area contributed by atoms with Crippen molar-refractivity contribution in [3.63, 3.8) is 0 Å². The molecule has 0 aliphatic heterocycles. The minimum Gasteiger partial charge on any atom is -0.364 e. The van der Waals surface area contributed by atoms with Crippen molar-refractivity contribution in [2.75, 3.05) is 0 Å². The minimum atomic E-state index is -3.54. The molecular weight excluding hydrogens is 330 g/mol. The van der Waals surface area contributed by atoms with E-state index in [1.54, 1.807) is 18.2 Å². The standard InChI is InChI=1S/C12H11N3O3S3/c1-8-14-9(7-19-8)6-13-21(16,17)12-3-2-11(20-12)10-4-5-18-15-10/h2-5,7,13H,6H2,1H3. The van der Waals surface area contributed by atoms with Crippen LogP contribution >= 0.6 is 22.7 Å². The topological polar surface area (TPSA) is 85.1 Å². The van der Waals surface area contributed by atoms with Crippen LogP contribution in [0.4, 0.5) is 0 Å². The van der Waals surface area contributed by atoms with Crippen molar-refractivity contribution < 1.29 is 12.9 Å². The molecule has 0 aromatic carbocycles. The van der Waals surface area contributed by atoms with E-state index < -0.39 is 10.0 Å². The summed E-state index contributed by atoms with van der Waals surface area (Å²) in [5.41, 5.74) is 1.34. The molecule has 0 atom stereocenters. The Morgan fingerprint density at radius 2 is 2.19 bits per heavy atom. The Hall–Kier alpha value is -1.55. The van der Waals surface area contributed by atoms with Crippen LogP contribution in [0.3, 0.4) is 0 Å². The zero-order valence-electron chi connectivity index (χ0n) is 10.9. The predicted molar refractivity (Wildman–Crippen MR) is 80.7 cm³/mol. The van der Waals surface area contributed by atoms with Gasteiger partial charge in [0.2, 0.25) is 10.0 Å². The molecule has 0 saturated heterocycles. The SMILES string of the molecule is Cc1nc(CNS(=O)(=O)c2ccc(-c3ccon3)s2)cs1. The number of thiazole rings is 1. The van der Waals surface area contributed by atoms with Gasteiger partial charge in [-0.25, -0.2) is 18.1 Å². The second-order valence-corrected chi connectivity index (χ2v) is 8.33. The van der Waals surface area contributed by atoms with Crippen LogP contribution in [-0.4, -0.2) is 18.6 Å². The van der Waals surface area contributed by atoms with Crippen LogP contribution in [0.15, 0.2) is 38.6 Å². The highest BCUT2D eigenvalue weighted by atomic mass is 32.2. The average Bonchev–Trinajstić information content (AvgIpc) is 3.17. The van der Waals surface area contributed by atoms with Crippen molar-refractivity contribution >= 4 is 32.7 Å². The summed E-state index contributed by atoms with van der Waals surface area (Å²) in [7, 11) is -3.54. The fourth-order valence-electron chi connectivity index (χ4n) is 1.67. The molecule has 0 unspecified atom stereocenters. The first-order chi connectivity index (χ1) is 10.0. The van der Waals surface area contributed by atoms with Crippen molar-refractivity contribution in [2.24, 2.45) is 0 Å². The molecule has 0 saturated carbocycles. The van der Waals surface area contributed by atoms with Crippen LogP contribution in [0, 0.1) is 6.92 Å². The van der Waals surface area contributed by atoms with Gasteiger partial charge >= 0.3 is 0 Å². The van der Waals surface area contributed by atoms with E-state index in [4.69, 9.17) is 4.52 Å². The molecule has 6 nitrogen and oxygen atoms in total. The number of nitrogens with one attached hydrogen (secondary N) is 1. The zero-order valence-corrected chi connectivity index (χ0v) is 13.4. The van der Waals surface area contributed by atoms with Gasteiger partial charge in [0, 0.05) is 11.4 Å². The number of aryl methyl sites for hydroxylation is 1. The van der Waals surface area contributed by atoms with Crippen molar-refractivity contribution in [3.8, 4) is 10.6 Å². The zero-order chi connectivity index (χ0) is 14.9. The largest absolute Gasteiger partial charge is 0.364 e. The number of hydrogen-bond acceptors (Lipinski definition) is 7. The van der Waals surface area contributed by atoms with E-state index in [1.165, 1.54) is 17.6 Å². The summed E-state index contributed by atoms with van der Waals surface area (Å²) >= 11 is 2.64. The fourth-order valence-corrected chi connectivity index (χ4v) is 4.60. The van der Waals surface area contributed by atoms with Gasteiger partial charge in [0.15, 0.2) is 0 Å². The Morgan fingerprint density at radius 3 is 2.86 bits per heavy atom. The third-order valence-corrected chi connectivity index (χ3v) is 6.47. The summed E-state index contributed by atoms with van der Waals surface area (Å²) in [5, 5.41) is 6.54. The van der Waals surface area contributed by atoms with Crippen molar-refractivity contribution in [1.29, 1.82) is 0 Å². The second kappa shape index (κ2) is 5.68. The number of rotatable bonds is 5. The summed E-state index contributed by atoms with van der Waals surface area (Å²) in [4.78, 5) is 4.97. The predicted octanol–water partition coefficient (Wildman–Crippen LogP) is 2.65. The Labute approximate surface area is 129 Å². The first kappa shape index (κ1) is 14.4. The second-order valence-electron chi connectivity index (χ2n) is 4.19. The Bertz CT molecular complexity index is 834. The molecule has 3 aromatic heterocycles. The maximum atomic E-state index is 12.2. The molecule has 3 rings (SSSR count). The molecular formula is C12H11N3O3S3. The highest BCUT2D eigenvalue weighted by molar-refractivity contribution is 7.91. The average molecular weight is 341 g/mol. The van der Waals surface area contributed by atoms with Gasteiger partial charge in [0.05, 0.1) is 22.1 Å². The van der Waals surface area contributed by atoms with Gasteiger partial charge in [-0.3, -0.25) is 0 Å². The molecule has 1 N–H and O–H groups in total. The number of nitrogens with zero attached hydrogens (tertiary/aromatic N) is 2.